The molecule has 0 aromatic carbocycles. The lowest BCUT2D eigenvalue weighted by molar-refractivity contribution is 0.381. The topological polar surface area (TPSA) is 0 Å². The Morgan fingerprint density at radius 1 is 0.467 bits per heavy atom. The summed E-state index contributed by atoms with van der Waals surface area (Å²) in [6.45, 7) is 20.5. The summed E-state index contributed by atoms with van der Waals surface area (Å²) >= 11 is 0. The zero-order chi connectivity index (χ0) is 23.0. The van der Waals surface area contributed by atoms with Gasteiger partial charge in [-0.3, -0.25) is 0 Å². The van der Waals surface area contributed by atoms with E-state index in [4.69, 9.17) is 0 Å². The lowest BCUT2D eigenvalue weighted by Crippen LogP contribution is -2.03. The number of hydrogen-bond acceptors (Lipinski definition) is 0. The summed E-state index contributed by atoms with van der Waals surface area (Å²) in [7, 11) is 0. The number of rotatable bonds is 14. The SMILES string of the molecule is CC(C)=CCCC(C)=CCCC(C)=CCCC(C)=CCCC(C)=CCCC(C)(C)C. The van der Waals surface area contributed by atoms with Crippen LogP contribution in [0.5, 0.6) is 0 Å². The van der Waals surface area contributed by atoms with Crippen molar-refractivity contribution in [2.45, 2.75) is 127 Å². The van der Waals surface area contributed by atoms with Crippen LogP contribution in [0.3, 0.4) is 0 Å². The van der Waals surface area contributed by atoms with Gasteiger partial charge >= 0.3 is 0 Å². The maximum absolute atomic E-state index is 2.45. The van der Waals surface area contributed by atoms with Gasteiger partial charge in [0.15, 0.2) is 0 Å². The fourth-order valence-corrected chi connectivity index (χ4v) is 3.39. The Morgan fingerprint density at radius 2 is 0.767 bits per heavy atom. The fourth-order valence-electron chi connectivity index (χ4n) is 3.39. The van der Waals surface area contributed by atoms with Gasteiger partial charge in [0, 0.05) is 0 Å². The van der Waals surface area contributed by atoms with Crippen molar-refractivity contribution in [3.05, 3.63) is 58.2 Å². The molecule has 0 aliphatic rings. The largest absolute Gasteiger partial charge is 0.0856 e. The summed E-state index contributed by atoms with van der Waals surface area (Å²) in [4.78, 5) is 0. The molecule has 0 aromatic heterocycles. The van der Waals surface area contributed by atoms with Crippen molar-refractivity contribution in [1.29, 1.82) is 0 Å². The van der Waals surface area contributed by atoms with Gasteiger partial charge in [-0.25, -0.2) is 0 Å². The summed E-state index contributed by atoms with van der Waals surface area (Å²) in [6.07, 6.45) is 24.1. The number of allylic oxidation sites excluding steroid dienone is 10. The summed E-state index contributed by atoms with van der Waals surface area (Å²) in [5.74, 6) is 0. The second-order valence-electron chi connectivity index (χ2n) is 10.7. The zero-order valence-corrected chi connectivity index (χ0v) is 22.0. The molecular weight excluding hydrogens is 360 g/mol. The maximum Gasteiger partial charge on any atom is -0.0288 e. The van der Waals surface area contributed by atoms with Crippen LogP contribution in [-0.2, 0) is 0 Å². The first-order valence-electron chi connectivity index (χ1n) is 12.3. The van der Waals surface area contributed by atoms with Crippen LogP contribution < -0.4 is 0 Å². The second-order valence-corrected chi connectivity index (χ2v) is 10.7. The van der Waals surface area contributed by atoms with Gasteiger partial charge in [0.2, 0.25) is 0 Å². The highest BCUT2D eigenvalue weighted by molar-refractivity contribution is 5.08. The van der Waals surface area contributed by atoms with Crippen LogP contribution in [0.25, 0.3) is 0 Å². The van der Waals surface area contributed by atoms with E-state index in [9.17, 15) is 0 Å². The smallest absolute Gasteiger partial charge is 0.0288 e. The normalized spacial score (nSPS) is 14.3. The Labute approximate surface area is 190 Å². The van der Waals surface area contributed by atoms with E-state index < -0.39 is 0 Å². The van der Waals surface area contributed by atoms with Crippen molar-refractivity contribution in [3.8, 4) is 0 Å². The third kappa shape index (κ3) is 20.0. The molecular formula is C30H52. The van der Waals surface area contributed by atoms with Crippen LogP contribution in [0.2, 0.25) is 0 Å². The van der Waals surface area contributed by atoms with E-state index in [1.807, 2.05) is 0 Å². The molecule has 0 N–H and O–H groups in total. The minimum atomic E-state index is 0.444. The van der Waals surface area contributed by atoms with Crippen LogP contribution in [0, 0.1) is 5.41 Å². The summed E-state index contributed by atoms with van der Waals surface area (Å²) in [5.41, 5.74) is 8.02. The Bertz CT molecular complexity index is 607. The Hall–Kier alpha value is -1.30. The summed E-state index contributed by atoms with van der Waals surface area (Å²) in [5, 5.41) is 0. The van der Waals surface area contributed by atoms with Crippen molar-refractivity contribution in [2.75, 3.05) is 0 Å². The Balaban J connectivity index is 4.08. The van der Waals surface area contributed by atoms with Gasteiger partial charge in [0.1, 0.15) is 0 Å². The van der Waals surface area contributed by atoms with Crippen LogP contribution >= 0.6 is 0 Å². The molecule has 0 radical (unpaired) electrons. The third-order valence-electron chi connectivity index (χ3n) is 5.57. The van der Waals surface area contributed by atoms with Crippen molar-refractivity contribution < 1.29 is 0 Å². The van der Waals surface area contributed by atoms with Crippen LogP contribution in [0.4, 0.5) is 0 Å². The molecule has 0 nitrogen and oxygen atoms in total. The van der Waals surface area contributed by atoms with Gasteiger partial charge in [-0.05, 0) is 111 Å². The van der Waals surface area contributed by atoms with E-state index in [0.717, 1.165) is 0 Å². The predicted molar refractivity (Wildman–Crippen MR) is 140 cm³/mol. The van der Waals surface area contributed by atoms with Crippen molar-refractivity contribution in [3.63, 3.8) is 0 Å². The quantitative estimate of drug-likeness (QED) is 0.249. The standard InChI is InChI=1S/C30H52/c1-25(2)15-10-16-26(3)17-11-18-27(4)19-12-20-28(5)21-13-22-29(6)23-14-24-30(7,8)9/h15,17,19,21,23H,10-14,16,18,20,22,24H2,1-9H3. The molecule has 0 aromatic rings. The van der Waals surface area contributed by atoms with Crippen LogP contribution in [0.1, 0.15) is 127 Å². The Kier molecular flexibility index (Phi) is 15.7. The second kappa shape index (κ2) is 16.4. The van der Waals surface area contributed by atoms with Crippen LogP contribution in [-0.4, -0.2) is 0 Å². The van der Waals surface area contributed by atoms with Gasteiger partial charge in [0.25, 0.3) is 0 Å². The van der Waals surface area contributed by atoms with Gasteiger partial charge in [-0.1, -0.05) is 79.0 Å². The van der Waals surface area contributed by atoms with E-state index >= 15 is 0 Å². The molecule has 0 atom stereocenters. The summed E-state index contributed by atoms with van der Waals surface area (Å²) < 4.78 is 0. The molecule has 0 spiro atoms. The molecule has 0 fully saturated rings. The van der Waals surface area contributed by atoms with Gasteiger partial charge in [-0.2, -0.15) is 0 Å². The Morgan fingerprint density at radius 3 is 1.07 bits per heavy atom. The third-order valence-corrected chi connectivity index (χ3v) is 5.57. The van der Waals surface area contributed by atoms with Gasteiger partial charge in [-0.15, -0.1) is 0 Å². The average Bonchev–Trinajstić information content (AvgIpc) is 2.60. The highest BCUT2D eigenvalue weighted by Crippen LogP contribution is 2.22. The monoisotopic (exact) mass is 412 g/mol. The molecule has 0 heterocycles. The van der Waals surface area contributed by atoms with E-state index in [0.29, 0.717) is 5.41 Å². The lowest BCUT2D eigenvalue weighted by Gasteiger charge is -2.16. The molecule has 0 unspecified atom stereocenters. The lowest BCUT2D eigenvalue weighted by atomic mass is 9.90. The minimum absolute atomic E-state index is 0.444. The first-order chi connectivity index (χ1) is 14.0. The fraction of sp³-hybridized carbons (Fsp3) is 0.667. The number of hydrogen-bond donors (Lipinski definition) is 0. The first kappa shape index (κ1) is 28.7. The molecule has 172 valence electrons. The van der Waals surface area contributed by atoms with Gasteiger partial charge in [0.05, 0.1) is 0 Å². The zero-order valence-electron chi connectivity index (χ0n) is 22.0. The van der Waals surface area contributed by atoms with Crippen molar-refractivity contribution >= 4 is 0 Å². The predicted octanol–water partition coefficient (Wildman–Crippen LogP) is 10.7. The molecule has 0 saturated carbocycles. The van der Waals surface area contributed by atoms with Crippen molar-refractivity contribution in [2.24, 2.45) is 5.41 Å². The molecule has 0 bridgehead atoms. The molecule has 0 saturated heterocycles. The van der Waals surface area contributed by atoms with E-state index in [2.05, 4.69) is 92.7 Å². The molecule has 0 aliphatic heterocycles. The van der Waals surface area contributed by atoms with Crippen molar-refractivity contribution in [1.82, 2.24) is 0 Å². The highest BCUT2D eigenvalue weighted by Gasteiger charge is 2.07. The molecule has 0 rings (SSSR count). The van der Waals surface area contributed by atoms with E-state index in [-0.39, 0.29) is 0 Å². The van der Waals surface area contributed by atoms with E-state index in [1.165, 1.54) is 86.5 Å². The molecule has 30 heavy (non-hydrogen) atoms. The maximum atomic E-state index is 2.45. The molecule has 0 aliphatic carbocycles. The highest BCUT2D eigenvalue weighted by atomic mass is 14.1. The van der Waals surface area contributed by atoms with Crippen LogP contribution in [0.15, 0.2) is 58.2 Å². The first-order valence-corrected chi connectivity index (χ1v) is 12.3. The van der Waals surface area contributed by atoms with E-state index in [1.54, 1.807) is 5.57 Å². The average molecular weight is 413 g/mol. The molecule has 0 amide bonds. The summed E-state index contributed by atoms with van der Waals surface area (Å²) in [6, 6.07) is 0. The van der Waals surface area contributed by atoms with Gasteiger partial charge < -0.3 is 0 Å². The molecule has 0 heteroatoms. The minimum Gasteiger partial charge on any atom is -0.0856 e.